The van der Waals surface area contributed by atoms with Gasteiger partial charge in [-0.2, -0.15) is 0 Å². The fourth-order valence-corrected chi connectivity index (χ4v) is 4.31. The molecular formula is C24H34N2. The molecule has 2 nitrogen and oxygen atoms in total. The first-order chi connectivity index (χ1) is 12.7. The van der Waals surface area contributed by atoms with E-state index in [1.807, 2.05) is 0 Å². The number of aryl methyl sites for hydroxylation is 2. The highest BCUT2D eigenvalue weighted by atomic mass is 14.9. The molecule has 0 spiro atoms. The predicted molar refractivity (Wildman–Crippen MR) is 110 cm³/mol. The molecule has 26 heavy (non-hydrogen) atoms. The molecule has 1 aromatic heterocycles. The molecule has 0 unspecified atom stereocenters. The van der Waals surface area contributed by atoms with Crippen LogP contribution >= 0.6 is 0 Å². The summed E-state index contributed by atoms with van der Waals surface area (Å²) in [6, 6.07) is 8.97. The van der Waals surface area contributed by atoms with Crippen LogP contribution in [-0.2, 0) is 6.42 Å². The number of unbranched alkanes of at least 4 members (excludes halogenated alkanes) is 1. The van der Waals surface area contributed by atoms with Crippen LogP contribution in [0.15, 0.2) is 30.5 Å². The van der Waals surface area contributed by atoms with E-state index in [1.165, 1.54) is 74.5 Å². The lowest BCUT2D eigenvalue weighted by Crippen LogP contribution is -2.15. The Morgan fingerprint density at radius 1 is 0.962 bits per heavy atom. The summed E-state index contributed by atoms with van der Waals surface area (Å²) in [6.07, 6.45) is 13.7. The molecule has 140 valence electrons. The molecule has 1 saturated carbocycles. The standard InChI is InChI=1S/C24H34N2/c1-4-6-8-20-9-13-21(14-10-20)23-17-25-24(26-18(23)3)22-15-11-19(7-5-2)12-16-22/h9-10,13-14,17,19,22H,4-8,11-12,15-16H2,1-3H3/t19-,22-. The number of hydrogen-bond acceptors (Lipinski definition) is 2. The molecule has 0 aliphatic heterocycles. The highest BCUT2D eigenvalue weighted by Crippen LogP contribution is 2.36. The molecule has 0 radical (unpaired) electrons. The molecule has 1 aliphatic rings. The summed E-state index contributed by atoms with van der Waals surface area (Å²) in [6.45, 7) is 6.68. The van der Waals surface area contributed by atoms with Crippen LogP contribution in [0.1, 0.15) is 88.2 Å². The van der Waals surface area contributed by atoms with Gasteiger partial charge < -0.3 is 0 Å². The number of hydrogen-bond donors (Lipinski definition) is 0. The van der Waals surface area contributed by atoms with Crippen molar-refractivity contribution in [3.63, 3.8) is 0 Å². The molecule has 2 aromatic rings. The van der Waals surface area contributed by atoms with Crippen molar-refractivity contribution >= 4 is 0 Å². The summed E-state index contributed by atoms with van der Waals surface area (Å²) in [5.74, 6) is 2.57. The Balaban J connectivity index is 1.68. The van der Waals surface area contributed by atoms with E-state index >= 15 is 0 Å². The highest BCUT2D eigenvalue weighted by Gasteiger charge is 2.24. The first-order valence-electron chi connectivity index (χ1n) is 10.6. The number of rotatable bonds is 7. The van der Waals surface area contributed by atoms with Gasteiger partial charge in [0.05, 0.1) is 0 Å². The van der Waals surface area contributed by atoms with Gasteiger partial charge >= 0.3 is 0 Å². The van der Waals surface area contributed by atoms with Crippen molar-refractivity contribution in [2.45, 2.75) is 84.5 Å². The molecule has 0 N–H and O–H groups in total. The zero-order valence-electron chi connectivity index (χ0n) is 16.8. The first-order valence-corrected chi connectivity index (χ1v) is 10.6. The van der Waals surface area contributed by atoms with Gasteiger partial charge in [0.2, 0.25) is 0 Å². The maximum Gasteiger partial charge on any atom is 0.131 e. The van der Waals surface area contributed by atoms with E-state index in [2.05, 4.69) is 51.2 Å². The SMILES string of the molecule is CCCCc1ccc(-c2cnc([C@H]3CC[C@H](CCC)CC3)nc2C)cc1. The zero-order chi connectivity index (χ0) is 18.4. The summed E-state index contributed by atoms with van der Waals surface area (Å²) in [5.41, 5.74) is 4.96. The summed E-state index contributed by atoms with van der Waals surface area (Å²) in [7, 11) is 0. The lowest BCUT2D eigenvalue weighted by molar-refractivity contribution is 0.302. The second kappa shape index (κ2) is 9.30. The van der Waals surface area contributed by atoms with Crippen LogP contribution in [0.3, 0.4) is 0 Å². The van der Waals surface area contributed by atoms with Crippen molar-refractivity contribution in [1.29, 1.82) is 0 Å². The van der Waals surface area contributed by atoms with Gasteiger partial charge in [0.1, 0.15) is 5.82 Å². The van der Waals surface area contributed by atoms with Crippen molar-refractivity contribution in [1.82, 2.24) is 9.97 Å². The van der Waals surface area contributed by atoms with E-state index in [1.54, 1.807) is 0 Å². The smallest absolute Gasteiger partial charge is 0.131 e. The maximum atomic E-state index is 4.91. The minimum atomic E-state index is 0.562. The Labute approximate surface area is 159 Å². The van der Waals surface area contributed by atoms with E-state index < -0.39 is 0 Å². The van der Waals surface area contributed by atoms with Gasteiger partial charge in [-0.05, 0) is 62.5 Å². The van der Waals surface area contributed by atoms with Gasteiger partial charge in [-0.15, -0.1) is 0 Å². The van der Waals surface area contributed by atoms with Crippen LogP contribution in [-0.4, -0.2) is 9.97 Å². The summed E-state index contributed by atoms with van der Waals surface area (Å²) in [5, 5.41) is 0. The predicted octanol–water partition coefficient (Wildman–Crippen LogP) is 6.87. The third-order valence-electron chi connectivity index (χ3n) is 5.99. The third kappa shape index (κ3) is 4.72. The molecule has 0 saturated heterocycles. The summed E-state index contributed by atoms with van der Waals surface area (Å²) >= 11 is 0. The molecule has 0 atom stereocenters. The van der Waals surface area contributed by atoms with Crippen LogP contribution < -0.4 is 0 Å². The van der Waals surface area contributed by atoms with Crippen molar-refractivity contribution < 1.29 is 0 Å². The fraction of sp³-hybridized carbons (Fsp3) is 0.583. The molecule has 1 fully saturated rings. The van der Waals surface area contributed by atoms with E-state index in [9.17, 15) is 0 Å². The number of aromatic nitrogens is 2. The largest absolute Gasteiger partial charge is 0.240 e. The molecule has 0 amide bonds. The minimum absolute atomic E-state index is 0.562. The summed E-state index contributed by atoms with van der Waals surface area (Å²) < 4.78 is 0. The molecule has 1 aliphatic carbocycles. The topological polar surface area (TPSA) is 25.8 Å². The van der Waals surface area contributed by atoms with Crippen molar-refractivity contribution in [2.24, 2.45) is 5.92 Å². The Morgan fingerprint density at radius 2 is 1.69 bits per heavy atom. The average Bonchev–Trinajstić information content (AvgIpc) is 2.68. The van der Waals surface area contributed by atoms with Gasteiger partial charge in [-0.25, -0.2) is 9.97 Å². The Kier molecular flexibility index (Phi) is 6.82. The van der Waals surface area contributed by atoms with E-state index in [-0.39, 0.29) is 0 Å². The Hall–Kier alpha value is -1.70. The normalized spacial score (nSPS) is 20.3. The minimum Gasteiger partial charge on any atom is -0.240 e. The lowest BCUT2D eigenvalue weighted by atomic mass is 9.79. The average molecular weight is 351 g/mol. The molecule has 3 rings (SSSR count). The molecular weight excluding hydrogens is 316 g/mol. The maximum absolute atomic E-state index is 4.91. The van der Waals surface area contributed by atoms with Crippen molar-refractivity contribution in [3.05, 3.63) is 47.5 Å². The van der Waals surface area contributed by atoms with Crippen LogP contribution in [0, 0.1) is 12.8 Å². The second-order valence-corrected chi connectivity index (χ2v) is 8.03. The summed E-state index contributed by atoms with van der Waals surface area (Å²) in [4.78, 5) is 9.68. The highest BCUT2D eigenvalue weighted by molar-refractivity contribution is 5.65. The van der Waals surface area contributed by atoms with Crippen LogP contribution in [0.5, 0.6) is 0 Å². The quantitative estimate of drug-likeness (QED) is 0.544. The molecule has 1 aromatic carbocycles. The second-order valence-electron chi connectivity index (χ2n) is 8.03. The number of nitrogens with zero attached hydrogens (tertiary/aromatic N) is 2. The Bertz CT molecular complexity index is 682. The fourth-order valence-electron chi connectivity index (χ4n) is 4.31. The molecule has 2 heteroatoms. The van der Waals surface area contributed by atoms with Gasteiger partial charge in [0, 0.05) is 23.4 Å². The first kappa shape index (κ1) is 19.1. The van der Waals surface area contributed by atoms with E-state index in [4.69, 9.17) is 9.97 Å². The van der Waals surface area contributed by atoms with Gasteiger partial charge in [0.15, 0.2) is 0 Å². The number of benzene rings is 1. The van der Waals surface area contributed by atoms with Crippen molar-refractivity contribution in [3.8, 4) is 11.1 Å². The monoisotopic (exact) mass is 350 g/mol. The third-order valence-corrected chi connectivity index (χ3v) is 5.99. The van der Waals surface area contributed by atoms with Gasteiger partial charge in [0.25, 0.3) is 0 Å². The molecule has 1 heterocycles. The van der Waals surface area contributed by atoms with Gasteiger partial charge in [-0.3, -0.25) is 0 Å². The van der Waals surface area contributed by atoms with Gasteiger partial charge in [-0.1, -0.05) is 57.4 Å². The zero-order valence-corrected chi connectivity index (χ0v) is 16.8. The lowest BCUT2D eigenvalue weighted by Gasteiger charge is -2.27. The van der Waals surface area contributed by atoms with E-state index in [0.717, 1.165) is 17.4 Å². The van der Waals surface area contributed by atoms with Crippen LogP contribution in [0.2, 0.25) is 0 Å². The molecule has 0 bridgehead atoms. The van der Waals surface area contributed by atoms with Crippen molar-refractivity contribution in [2.75, 3.05) is 0 Å². The van der Waals surface area contributed by atoms with Crippen LogP contribution in [0.4, 0.5) is 0 Å². The van der Waals surface area contributed by atoms with Crippen LogP contribution in [0.25, 0.3) is 11.1 Å². The Morgan fingerprint density at radius 3 is 2.31 bits per heavy atom. The van der Waals surface area contributed by atoms with E-state index in [0.29, 0.717) is 5.92 Å².